The molecule has 0 bridgehead atoms. The summed E-state index contributed by atoms with van der Waals surface area (Å²) in [5.41, 5.74) is 4.74. The highest BCUT2D eigenvalue weighted by Crippen LogP contribution is 1.77. The van der Waals surface area contributed by atoms with Crippen molar-refractivity contribution < 1.29 is 14.3 Å². The molecule has 0 aliphatic carbocycles. The van der Waals surface area contributed by atoms with E-state index in [0.717, 1.165) is 0 Å². The summed E-state index contributed by atoms with van der Waals surface area (Å²) < 4.78 is 9.06. The lowest BCUT2D eigenvalue weighted by Gasteiger charge is -2.00. The van der Waals surface area contributed by atoms with E-state index in [0.29, 0.717) is 0 Å². The second-order valence-corrected chi connectivity index (χ2v) is 1.59. The van der Waals surface area contributed by atoms with Gasteiger partial charge in [0, 0.05) is 0 Å². The smallest absolute Gasteiger partial charge is 0.243 e. The molecule has 0 atom stereocenters. The minimum absolute atomic E-state index is 0.0144. The second kappa shape index (κ2) is 4.75. The van der Waals surface area contributed by atoms with E-state index in [9.17, 15) is 4.79 Å². The van der Waals surface area contributed by atoms with Crippen molar-refractivity contribution in [1.82, 2.24) is 0 Å². The number of methoxy groups -OCH3 is 1. The summed E-state index contributed by atoms with van der Waals surface area (Å²) in [6.45, 7) is -0.189. The lowest BCUT2D eigenvalue weighted by atomic mass is 10.6. The third-order valence-electron chi connectivity index (χ3n) is 0.724. The lowest BCUT2D eigenvalue weighted by molar-refractivity contribution is -0.122. The molecular formula is C5H10N2O3. The zero-order valence-electron chi connectivity index (χ0n) is 5.72. The van der Waals surface area contributed by atoms with Gasteiger partial charge in [-0.1, -0.05) is 0 Å². The monoisotopic (exact) mass is 146 g/mol. The Morgan fingerprint density at radius 2 is 2.20 bits per heavy atom. The largest absolute Gasteiger partial charge is 0.483 e. The molecule has 0 saturated heterocycles. The van der Waals surface area contributed by atoms with Crippen molar-refractivity contribution in [1.29, 1.82) is 5.41 Å². The first-order valence-corrected chi connectivity index (χ1v) is 2.64. The molecule has 0 rings (SSSR count). The molecule has 0 unspecified atom stereocenters. The van der Waals surface area contributed by atoms with Crippen LogP contribution in [-0.4, -0.2) is 32.1 Å². The summed E-state index contributed by atoms with van der Waals surface area (Å²) in [6.07, 6.45) is 0. The van der Waals surface area contributed by atoms with Crippen LogP contribution in [-0.2, 0) is 14.3 Å². The van der Waals surface area contributed by atoms with Gasteiger partial charge in [-0.3, -0.25) is 10.2 Å². The van der Waals surface area contributed by atoms with Crippen molar-refractivity contribution in [2.24, 2.45) is 5.73 Å². The summed E-state index contributed by atoms with van der Waals surface area (Å²) >= 11 is 0. The van der Waals surface area contributed by atoms with Gasteiger partial charge in [0.1, 0.15) is 13.2 Å². The zero-order chi connectivity index (χ0) is 7.98. The number of rotatable bonds is 4. The highest BCUT2D eigenvalue weighted by atomic mass is 16.5. The SMILES string of the molecule is COC(=N)COCC(N)=O. The van der Waals surface area contributed by atoms with Crippen LogP contribution in [0.25, 0.3) is 0 Å². The number of ether oxygens (including phenoxy) is 2. The summed E-state index contributed by atoms with van der Waals surface area (Å²) in [6, 6.07) is 0. The summed E-state index contributed by atoms with van der Waals surface area (Å²) in [7, 11) is 1.36. The maximum Gasteiger partial charge on any atom is 0.243 e. The van der Waals surface area contributed by atoms with E-state index in [1.165, 1.54) is 7.11 Å². The van der Waals surface area contributed by atoms with Crippen LogP contribution in [0.15, 0.2) is 0 Å². The molecule has 5 heteroatoms. The van der Waals surface area contributed by atoms with E-state index in [1.807, 2.05) is 0 Å². The van der Waals surface area contributed by atoms with Gasteiger partial charge in [0.15, 0.2) is 0 Å². The Balaban J connectivity index is 3.20. The van der Waals surface area contributed by atoms with Crippen LogP contribution in [0.5, 0.6) is 0 Å². The fourth-order valence-corrected chi connectivity index (χ4v) is 0.303. The Morgan fingerprint density at radius 3 is 2.60 bits per heavy atom. The Bertz CT molecular complexity index is 135. The summed E-state index contributed by atoms with van der Waals surface area (Å²) in [5, 5.41) is 6.88. The number of hydrogen-bond donors (Lipinski definition) is 2. The topological polar surface area (TPSA) is 85.4 Å². The van der Waals surface area contributed by atoms with Crippen LogP contribution in [0.1, 0.15) is 0 Å². The maximum absolute atomic E-state index is 10.1. The average Bonchev–Trinajstić information content (AvgIpc) is 1.87. The van der Waals surface area contributed by atoms with Crippen LogP contribution < -0.4 is 5.73 Å². The molecule has 0 aliphatic rings. The predicted molar refractivity (Wildman–Crippen MR) is 34.7 cm³/mol. The van der Waals surface area contributed by atoms with E-state index < -0.39 is 5.91 Å². The normalized spacial score (nSPS) is 8.90. The first-order chi connectivity index (χ1) is 4.66. The third kappa shape index (κ3) is 5.04. The molecule has 0 aromatic heterocycles. The lowest BCUT2D eigenvalue weighted by Crippen LogP contribution is -2.21. The fourth-order valence-electron chi connectivity index (χ4n) is 0.303. The van der Waals surface area contributed by atoms with Gasteiger partial charge in [0.05, 0.1) is 7.11 Å². The first kappa shape index (κ1) is 8.90. The molecule has 5 nitrogen and oxygen atoms in total. The average molecular weight is 146 g/mol. The molecule has 1 amide bonds. The quantitative estimate of drug-likeness (QED) is 0.398. The van der Waals surface area contributed by atoms with Crippen molar-refractivity contribution in [2.45, 2.75) is 0 Å². The van der Waals surface area contributed by atoms with Gasteiger partial charge in [-0.15, -0.1) is 0 Å². The molecule has 0 saturated carbocycles. The van der Waals surface area contributed by atoms with Crippen molar-refractivity contribution in [3.05, 3.63) is 0 Å². The number of carbonyl (C=O) groups excluding carboxylic acids is 1. The van der Waals surface area contributed by atoms with Gasteiger partial charge in [0.2, 0.25) is 11.8 Å². The van der Waals surface area contributed by atoms with E-state index in [4.69, 9.17) is 11.1 Å². The minimum Gasteiger partial charge on any atom is -0.483 e. The van der Waals surface area contributed by atoms with Gasteiger partial charge >= 0.3 is 0 Å². The van der Waals surface area contributed by atoms with Crippen LogP contribution in [0.3, 0.4) is 0 Å². The van der Waals surface area contributed by atoms with E-state index in [-0.39, 0.29) is 19.1 Å². The Hall–Kier alpha value is -1.10. The highest BCUT2D eigenvalue weighted by Gasteiger charge is 1.96. The zero-order valence-corrected chi connectivity index (χ0v) is 5.72. The molecule has 10 heavy (non-hydrogen) atoms. The second-order valence-electron chi connectivity index (χ2n) is 1.59. The molecule has 0 aromatic rings. The molecule has 0 fully saturated rings. The Morgan fingerprint density at radius 1 is 1.60 bits per heavy atom. The van der Waals surface area contributed by atoms with E-state index >= 15 is 0 Å². The molecule has 3 N–H and O–H groups in total. The molecule has 0 spiro atoms. The minimum atomic E-state index is -0.552. The Labute approximate surface area is 58.6 Å². The van der Waals surface area contributed by atoms with Gasteiger partial charge in [-0.2, -0.15) is 0 Å². The van der Waals surface area contributed by atoms with Crippen LogP contribution in [0.4, 0.5) is 0 Å². The summed E-state index contributed by atoms with van der Waals surface area (Å²) in [4.78, 5) is 10.1. The Kier molecular flexibility index (Phi) is 4.23. The highest BCUT2D eigenvalue weighted by molar-refractivity contribution is 5.76. The van der Waals surface area contributed by atoms with Crippen LogP contribution in [0, 0.1) is 5.41 Å². The number of hydrogen-bond acceptors (Lipinski definition) is 4. The number of nitrogens with one attached hydrogen (secondary N) is 1. The fraction of sp³-hybridized carbons (Fsp3) is 0.600. The molecule has 0 heterocycles. The number of primary amides is 1. The molecule has 0 aliphatic heterocycles. The van der Waals surface area contributed by atoms with Crippen LogP contribution >= 0.6 is 0 Å². The standard InChI is InChI=1S/C5H10N2O3/c1-9-5(7)3-10-2-4(6)8/h7H,2-3H2,1H3,(H2,6,8). The van der Waals surface area contributed by atoms with Crippen molar-refractivity contribution >= 4 is 11.8 Å². The van der Waals surface area contributed by atoms with E-state index in [1.54, 1.807) is 0 Å². The molecular weight excluding hydrogens is 136 g/mol. The third-order valence-corrected chi connectivity index (χ3v) is 0.724. The van der Waals surface area contributed by atoms with Crippen LogP contribution in [0.2, 0.25) is 0 Å². The number of carbonyl (C=O) groups is 1. The van der Waals surface area contributed by atoms with Crippen molar-refractivity contribution in [3.63, 3.8) is 0 Å². The van der Waals surface area contributed by atoms with Crippen molar-refractivity contribution in [3.8, 4) is 0 Å². The van der Waals surface area contributed by atoms with E-state index in [2.05, 4.69) is 9.47 Å². The van der Waals surface area contributed by atoms with Gasteiger partial charge < -0.3 is 15.2 Å². The predicted octanol–water partition coefficient (Wildman–Crippen LogP) is -0.888. The van der Waals surface area contributed by atoms with Gasteiger partial charge in [0.25, 0.3) is 0 Å². The molecule has 58 valence electrons. The maximum atomic E-state index is 10.1. The molecule has 0 aromatic carbocycles. The summed E-state index contributed by atoms with van der Waals surface area (Å²) in [5.74, 6) is -0.579. The number of nitrogens with two attached hydrogens (primary N) is 1. The number of amides is 1. The van der Waals surface area contributed by atoms with Gasteiger partial charge in [-0.05, 0) is 0 Å². The van der Waals surface area contributed by atoms with Crippen molar-refractivity contribution in [2.75, 3.05) is 20.3 Å². The molecule has 0 radical (unpaired) electrons. The van der Waals surface area contributed by atoms with Gasteiger partial charge in [-0.25, -0.2) is 0 Å². The first-order valence-electron chi connectivity index (χ1n) is 2.64.